The van der Waals surface area contributed by atoms with E-state index in [0.29, 0.717) is 28.6 Å². The predicted octanol–water partition coefficient (Wildman–Crippen LogP) is 1.82. The number of hydrogen-bond donors (Lipinski definition) is 1. The average molecular weight is 387 g/mol. The molecule has 8 nitrogen and oxygen atoms in total. The number of rotatable bonds is 7. The zero-order valence-electron chi connectivity index (χ0n) is 15.6. The minimum absolute atomic E-state index is 0.0238. The van der Waals surface area contributed by atoms with Crippen LogP contribution < -0.4 is 24.3 Å². The molecule has 1 N–H and O–H groups in total. The van der Waals surface area contributed by atoms with Crippen LogP contribution in [-0.2, 0) is 9.53 Å². The molecule has 0 spiro atoms. The molecule has 1 atom stereocenters. The standard InChI is InChI=1S/C20H21NO7/c1-24-14-7-13(8-15(9-14)25-2)20(23)21-10-19(22)27-12-16-11-26-17-5-3-4-6-18(17)28-16/h3-9,16H,10-12H2,1-2H3,(H,21,23)/t16-/m0/s1. The molecule has 0 aliphatic carbocycles. The third-order valence-corrected chi connectivity index (χ3v) is 4.00. The lowest BCUT2D eigenvalue weighted by Crippen LogP contribution is -2.36. The first kappa shape index (κ1) is 19.3. The van der Waals surface area contributed by atoms with Crippen molar-refractivity contribution in [1.82, 2.24) is 5.32 Å². The lowest BCUT2D eigenvalue weighted by atomic mass is 10.2. The Hall–Kier alpha value is -3.42. The van der Waals surface area contributed by atoms with E-state index in [-0.39, 0.29) is 19.8 Å². The highest BCUT2D eigenvalue weighted by molar-refractivity contribution is 5.96. The van der Waals surface area contributed by atoms with Gasteiger partial charge in [0.1, 0.15) is 31.3 Å². The van der Waals surface area contributed by atoms with Crippen molar-refractivity contribution in [2.24, 2.45) is 0 Å². The molecule has 0 bridgehead atoms. The zero-order chi connectivity index (χ0) is 19.9. The maximum Gasteiger partial charge on any atom is 0.325 e. The van der Waals surface area contributed by atoms with Gasteiger partial charge in [-0.05, 0) is 24.3 Å². The molecule has 0 radical (unpaired) electrons. The van der Waals surface area contributed by atoms with E-state index in [4.69, 9.17) is 23.7 Å². The van der Waals surface area contributed by atoms with E-state index in [1.54, 1.807) is 30.3 Å². The summed E-state index contributed by atoms with van der Waals surface area (Å²) in [5, 5.41) is 2.51. The smallest absolute Gasteiger partial charge is 0.325 e. The third-order valence-electron chi connectivity index (χ3n) is 4.00. The summed E-state index contributed by atoms with van der Waals surface area (Å²) in [7, 11) is 2.98. The molecule has 0 unspecified atom stereocenters. The average Bonchev–Trinajstić information content (AvgIpc) is 2.75. The van der Waals surface area contributed by atoms with E-state index < -0.39 is 18.0 Å². The first-order valence-corrected chi connectivity index (χ1v) is 8.64. The predicted molar refractivity (Wildman–Crippen MR) is 99.2 cm³/mol. The van der Waals surface area contributed by atoms with Gasteiger partial charge in [0, 0.05) is 11.6 Å². The Balaban J connectivity index is 1.46. The van der Waals surface area contributed by atoms with Gasteiger partial charge in [0.05, 0.1) is 14.2 Å². The minimum Gasteiger partial charge on any atom is -0.497 e. The summed E-state index contributed by atoms with van der Waals surface area (Å²) in [6.45, 7) is 0.0266. The summed E-state index contributed by atoms with van der Waals surface area (Å²) in [5.41, 5.74) is 0.310. The fraction of sp³-hybridized carbons (Fsp3) is 0.300. The molecule has 0 aromatic heterocycles. The molecule has 28 heavy (non-hydrogen) atoms. The quantitative estimate of drug-likeness (QED) is 0.725. The maximum atomic E-state index is 12.3. The summed E-state index contributed by atoms with van der Waals surface area (Å²) < 4.78 is 26.7. The monoisotopic (exact) mass is 387 g/mol. The van der Waals surface area contributed by atoms with Crippen LogP contribution in [0.1, 0.15) is 10.4 Å². The van der Waals surface area contributed by atoms with E-state index in [0.717, 1.165) is 0 Å². The van der Waals surface area contributed by atoms with Crippen LogP contribution in [0.2, 0.25) is 0 Å². The van der Waals surface area contributed by atoms with Crippen molar-refractivity contribution in [3.05, 3.63) is 48.0 Å². The number of nitrogens with one attached hydrogen (secondary N) is 1. The Bertz CT molecular complexity index is 830. The number of para-hydroxylation sites is 2. The van der Waals surface area contributed by atoms with E-state index >= 15 is 0 Å². The van der Waals surface area contributed by atoms with Gasteiger partial charge in [-0.25, -0.2) is 0 Å². The Morgan fingerprint density at radius 2 is 1.75 bits per heavy atom. The number of esters is 1. The van der Waals surface area contributed by atoms with E-state index in [2.05, 4.69) is 5.32 Å². The fourth-order valence-corrected chi connectivity index (χ4v) is 2.58. The van der Waals surface area contributed by atoms with Crippen LogP contribution in [0.3, 0.4) is 0 Å². The lowest BCUT2D eigenvalue weighted by Gasteiger charge is -2.26. The van der Waals surface area contributed by atoms with Crippen LogP contribution >= 0.6 is 0 Å². The van der Waals surface area contributed by atoms with Crippen molar-refractivity contribution >= 4 is 11.9 Å². The Kier molecular flexibility index (Phi) is 6.21. The summed E-state index contributed by atoms with van der Waals surface area (Å²) in [4.78, 5) is 24.2. The van der Waals surface area contributed by atoms with Gasteiger partial charge in [0.2, 0.25) is 0 Å². The van der Waals surface area contributed by atoms with Gasteiger partial charge in [-0.3, -0.25) is 9.59 Å². The lowest BCUT2D eigenvalue weighted by molar-refractivity contribution is -0.145. The SMILES string of the molecule is COc1cc(OC)cc(C(=O)NCC(=O)OC[C@@H]2COc3ccccc3O2)c1. The molecule has 8 heteroatoms. The van der Waals surface area contributed by atoms with Gasteiger partial charge in [-0.2, -0.15) is 0 Å². The van der Waals surface area contributed by atoms with Gasteiger partial charge < -0.3 is 29.0 Å². The molecule has 1 aliphatic heterocycles. The molecule has 1 aliphatic rings. The Morgan fingerprint density at radius 3 is 2.43 bits per heavy atom. The number of carbonyl (C=O) groups is 2. The van der Waals surface area contributed by atoms with Gasteiger partial charge in [-0.1, -0.05) is 12.1 Å². The number of carbonyl (C=O) groups excluding carboxylic acids is 2. The van der Waals surface area contributed by atoms with Crippen molar-refractivity contribution in [2.45, 2.75) is 6.10 Å². The summed E-state index contributed by atoms with van der Waals surface area (Å²) >= 11 is 0. The van der Waals surface area contributed by atoms with Gasteiger partial charge in [0.15, 0.2) is 17.6 Å². The van der Waals surface area contributed by atoms with E-state index in [1.807, 2.05) is 12.1 Å². The second-order valence-electron chi connectivity index (χ2n) is 5.96. The van der Waals surface area contributed by atoms with E-state index in [9.17, 15) is 9.59 Å². The highest BCUT2D eigenvalue weighted by Gasteiger charge is 2.22. The Morgan fingerprint density at radius 1 is 1.07 bits per heavy atom. The number of hydrogen-bond acceptors (Lipinski definition) is 7. The van der Waals surface area contributed by atoms with Crippen LogP contribution in [0.4, 0.5) is 0 Å². The van der Waals surface area contributed by atoms with Crippen molar-refractivity contribution in [3.63, 3.8) is 0 Å². The molecule has 2 aromatic carbocycles. The van der Waals surface area contributed by atoms with Crippen molar-refractivity contribution in [3.8, 4) is 23.0 Å². The highest BCUT2D eigenvalue weighted by Crippen LogP contribution is 2.30. The topological polar surface area (TPSA) is 92.3 Å². The molecule has 1 heterocycles. The molecule has 2 aromatic rings. The molecule has 148 valence electrons. The summed E-state index contributed by atoms with van der Waals surface area (Å²) in [6.07, 6.45) is -0.405. The van der Waals surface area contributed by atoms with Crippen molar-refractivity contribution in [1.29, 1.82) is 0 Å². The van der Waals surface area contributed by atoms with E-state index in [1.165, 1.54) is 14.2 Å². The number of amides is 1. The molecule has 0 saturated carbocycles. The second kappa shape index (κ2) is 8.98. The fourth-order valence-electron chi connectivity index (χ4n) is 2.58. The Labute approximate surface area is 162 Å². The van der Waals surface area contributed by atoms with Crippen molar-refractivity contribution in [2.75, 3.05) is 34.0 Å². The van der Waals surface area contributed by atoms with Gasteiger partial charge in [0.25, 0.3) is 5.91 Å². The van der Waals surface area contributed by atoms with Gasteiger partial charge in [-0.15, -0.1) is 0 Å². The van der Waals surface area contributed by atoms with Crippen LogP contribution in [0.15, 0.2) is 42.5 Å². The number of ether oxygens (including phenoxy) is 5. The highest BCUT2D eigenvalue weighted by atomic mass is 16.6. The van der Waals surface area contributed by atoms with Crippen LogP contribution in [0, 0.1) is 0 Å². The molecule has 0 fully saturated rings. The number of fused-ring (bicyclic) bond motifs is 1. The first-order chi connectivity index (χ1) is 13.6. The van der Waals surface area contributed by atoms with Crippen molar-refractivity contribution < 1.29 is 33.3 Å². The van der Waals surface area contributed by atoms with Crippen LogP contribution in [0.5, 0.6) is 23.0 Å². The molecule has 1 amide bonds. The largest absolute Gasteiger partial charge is 0.497 e. The molecule has 3 rings (SSSR count). The summed E-state index contributed by atoms with van der Waals surface area (Å²) in [6, 6.07) is 12.0. The number of methoxy groups -OCH3 is 2. The zero-order valence-corrected chi connectivity index (χ0v) is 15.6. The van der Waals surface area contributed by atoms with Crippen LogP contribution in [-0.4, -0.2) is 52.0 Å². The van der Waals surface area contributed by atoms with Crippen LogP contribution in [0.25, 0.3) is 0 Å². The number of benzene rings is 2. The molecular weight excluding hydrogens is 366 g/mol. The third kappa shape index (κ3) is 4.85. The minimum atomic E-state index is -0.578. The normalized spacial score (nSPS) is 14.7. The second-order valence-corrected chi connectivity index (χ2v) is 5.96. The summed E-state index contributed by atoms with van der Waals surface area (Å²) in [5.74, 6) is 1.19. The molecular formula is C20H21NO7. The van der Waals surface area contributed by atoms with Gasteiger partial charge >= 0.3 is 5.97 Å². The molecule has 0 saturated heterocycles. The maximum absolute atomic E-state index is 12.3. The first-order valence-electron chi connectivity index (χ1n) is 8.64.